The molecule has 4 nitrogen and oxygen atoms in total. The van der Waals surface area contributed by atoms with Crippen LogP contribution in [0, 0.1) is 11.8 Å². The van der Waals surface area contributed by atoms with Crippen molar-refractivity contribution >= 4 is 18.2 Å². The Kier molecular flexibility index (Phi) is 2.20. The summed E-state index contributed by atoms with van der Waals surface area (Å²) in [5, 5.41) is 0. The highest BCUT2D eigenvalue weighted by Gasteiger charge is 2.67. The molecule has 0 spiro atoms. The van der Waals surface area contributed by atoms with Crippen LogP contribution in [0.15, 0.2) is 48.5 Å². The Morgan fingerprint density at radius 3 is 2.00 bits per heavy atom. The van der Waals surface area contributed by atoms with Gasteiger partial charge in [0, 0.05) is 5.92 Å². The van der Waals surface area contributed by atoms with Crippen molar-refractivity contribution in [2.75, 3.05) is 0 Å². The van der Waals surface area contributed by atoms with Gasteiger partial charge < -0.3 is 9.53 Å². The maximum atomic E-state index is 12.4. The molecule has 0 unspecified atom stereocenters. The summed E-state index contributed by atoms with van der Waals surface area (Å²) >= 11 is 0. The Balaban J connectivity index is 1.97. The lowest BCUT2D eigenvalue weighted by atomic mass is 9.48. The van der Waals surface area contributed by atoms with Gasteiger partial charge in [0.05, 0.1) is 17.3 Å². The molecule has 1 fully saturated rings. The summed E-state index contributed by atoms with van der Waals surface area (Å²) in [6, 6.07) is 15.2. The molecule has 0 saturated carbocycles. The average Bonchev–Trinajstić information content (AvgIpc) is 2.90. The molecule has 2 aromatic carbocycles. The third-order valence-electron chi connectivity index (χ3n) is 5.61. The standard InChI is InChI=1S/C19H12O4/c20-9-19-12-7-3-1-5-10(12)14(11-6-2-4-8-13(11)19)15-16(19)18(22)23-17(15)21/h1-9,14-16H/t14?,15-,16-,19?/m0/s1. The molecular formula is C19H12O4. The van der Waals surface area contributed by atoms with Crippen LogP contribution in [-0.4, -0.2) is 18.2 Å². The van der Waals surface area contributed by atoms with Crippen LogP contribution in [-0.2, 0) is 24.5 Å². The molecule has 4 heteroatoms. The molecule has 2 bridgehead atoms. The van der Waals surface area contributed by atoms with E-state index < -0.39 is 29.2 Å². The predicted molar refractivity (Wildman–Crippen MR) is 79.7 cm³/mol. The zero-order valence-corrected chi connectivity index (χ0v) is 12.1. The molecule has 3 aliphatic carbocycles. The highest BCUT2D eigenvalue weighted by molar-refractivity contribution is 6.04. The van der Waals surface area contributed by atoms with Crippen molar-refractivity contribution in [3.8, 4) is 0 Å². The minimum Gasteiger partial charge on any atom is -0.393 e. The van der Waals surface area contributed by atoms with E-state index in [9.17, 15) is 14.4 Å². The Labute approximate surface area is 132 Å². The van der Waals surface area contributed by atoms with Crippen LogP contribution in [0.4, 0.5) is 0 Å². The summed E-state index contributed by atoms with van der Waals surface area (Å²) in [5.41, 5.74) is 2.42. The lowest BCUT2D eigenvalue weighted by molar-refractivity contribution is -0.154. The molecule has 0 radical (unpaired) electrons. The summed E-state index contributed by atoms with van der Waals surface area (Å²) in [6.45, 7) is 0. The van der Waals surface area contributed by atoms with Crippen molar-refractivity contribution in [1.82, 2.24) is 0 Å². The van der Waals surface area contributed by atoms with Crippen LogP contribution in [0.25, 0.3) is 0 Å². The van der Waals surface area contributed by atoms with Gasteiger partial charge in [-0.15, -0.1) is 0 Å². The van der Waals surface area contributed by atoms with E-state index in [1.165, 1.54) is 0 Å². The highest BCUT2D eigenvalue weighted by Crippen LogP contribution is 2.62. The van der Waals surface area contributed by atoms with Gasteiger partial charge in [0.1, 0.15) is 6.29 Å². The van der Waals surface area contributed by atoms with Crippen molar-refractivity contribution in [1.29, 1.82) is 0 Å². The van der Waals surface area contributed by atoms with Gasteiger partial charge in [0.15, 0.2) is 0 Å². The third kappa shape index (κ3) is 1.23. The van der Waals surface area contributed by atoms with Crippen LogP contribution < -0.4 is 0 Å². The lowest BCUT2D eigenvalue weighted by Crippen LogP contribution is -2.54. The number of ether oxygens (including phenoxy) is 1. The largest absolute Gasteiger partial charge is 0.393 e. The Morgan fingerprint density at radius 2 is 1.43 bits per heavy atom. The number of cyclic esters (lactones) is 2. The van der Waals surface area contributed by atoms with Gasteiger partial charge in [-0.25, -0.2) is 0 Å². The molecule has 0 aromatic heterocycles. The zero-order valence-electron chi connectivity index (χ0n) is 12.1. The van der Waals surface area contributed by atoms with Gasteiger partial charge in [-0.05, 0) is 22.3 Å². The Morgan fingerprint density at radius 1 is 0.870 bits per heavy atom. The van der Waals surface area contributed by atoms with Crippen LogP contribution in [0.5, 0.6) is 0 Å². The van der Waals surface area contributed by atoms with E-state index in [0.717, 1.165) is 28.5 Å². The molecule has 112 valence electrons. The first kappa shape index (κ1) is 12.8. The lowest BCUT2D eigenvalue weighted by Gasteiger charge is -2.50. The number of carbonyl (C=O) groups excluding carboxylic acids is 3. The van der Waals surface area contributed by atoms with Crippen molar-refractivity contribution < 1.29 is 19.1 Å². The van der Waals surface area contributed by atoms with Crippen LogP contribution >= 0.6 is 0 Å². The van der Waals surface area contributed by atoms with Crippen molar-refractivity contribution in [2.45, 2.75) is 11.3 Å². The summed E-state index contributed by atoms with van der Waals surface area (Å²) in [4.78, 5) is 37.1. The summed E-state index contributed by atoms with van der Waals surface area (Å²) in [6.07, 6.45) is 0.831. The van der Waals surface area contributed by atoms with Gasteiger partial charge in [0.25, 0.3) is 0 Å². The first-order chi connectivity index (χ1) is 11.2. The molecule has 6 rings (SSSR count). The van der Waals surface area contributed by atoms with Crippen molar-refractivity contribution in [2.24, 2.45) is 11.8 Å². The maximum Gasteiger partial charge on any atom is 0.319 e. The molecule has 0 amide bonds. The first-order valence-corrected chi connectivity index (χ1v) is 7.61. The second-order valence-corrected chi connectivity index (χ2v) is 6.38. The van der Waals surface area contributed by atoms with E-state index in [-0.39, 0.29) is 5.92 Å². The van der Waals surface area contributed by atoms with E-state index in [2.05, 4.69) is 0 Å². The summed E-state index contributed by atoms with van der Waals surface area (Å²) in [7, 11) is 0. The van der Waals surface area contributed by atoms with Crippen molar-refractivity contribution in [3.63, 3.8) is 0 Å². The number of hydrogen-bond acceptors (Lipinski definition) is 4. The molecule has 1 heterocycles. The number of benzene rings is 2. The molecule has 23 heavy (non-hydrogen) atoms. The first-order valence-electron chi connectivity index (χ1n) is 7.61. The number of aldehydes is 1. The fraction of sp³-hybridized carbons (Fsp3) is 0.211. The normalized spacial score (nSPS) is 32.8. The van der Waals surface area contributed by atoms with Crippen molar-refractivity contribution in [3.05, 3.63) is 70.8 Å². The van der Waals surface area contributed by atoms with E-state index in [1.807, 2.05) is 48.5 Å². The quantitative estimate of drug-likeness (QED) is 0.459. The van der Waals surface area contributed by atoms with Gasteiger partial charge >= 0.3 is 11.9 Å². The average molecular weight is 304 g/mol. The topological polar surface area (TPSA) is 60.4 Å². The van der Waals surface area contributed by atoms with E-state index in [1.54, 1.807) is 0 Å². The second kappa shape index (κ2) is 3.96. The minimum atomic E-state index is -1.13. The number of hydrogen-bond donors (Lipinski definition) is 0. The second-order valence-electron chi connectivity index (χ2n) is 6.38. The monoisotopic (exact) mass is 304 g/mol. The number of rotatable bonds is 1. The smallest absolute Gasteiger partial charge is 0.319 e. The third-order valence-corrected chi connectivity index (χ3v) is 5.61. The SMILES string of the molecule is O=CC12c3ccccc3C(c3ccccc31)[C@@H]1C(=O)OC(=O)[C@H]12. The van der Waals surface area contributed by atoms with Gasteiger partial charge in [-0.2, -0.15) is 0 Å². The van der Waals surface area contributed by atoms with Crippen LogP contribution in [0.3, 0.4) is 0 Å². The van der Waals surface area contributed by atoms with E-state index in [0.29, 0.717) is 0 Å². The minimum absolute atomic E-state index is 0.229. The van der Waals surface area contributed by atoms with Gasteiger partial charge in [-0.1, -0.05) is 48.5 Å². The summed E-state index contributed by atoms with van der Waals surface area (Å²) < 4.78 is 4.94. The molecular weight excluding hydrogens is 292 g/mol. The Bertz CT molecular complexity index is 850. The zero-order chi connectivity index (χ0) is 15.8. The summed E-state index contributed by atoms with van der Waals surface area (Å²) in [5.74, 6) is -2.70. The van der Waals surface area contributed by atoms with E-state index in [4.69, 9.17) is 4.74 Å². The molecule has 1 aliphatic heterocycles. The van der Waals surface area contributed by atoms with Gasteiger partial charge in [-0.3, -0.25) is 9.59 Å². The molecule has 4 aliphatic rings. The van der Waals surface area contributed by atoms with Crippen LogP contribution in [0.1, 0.15) is 28.2 Å². The van der Waals surface area contributed by atoms with Gasteiger partial charge in [0.2, 0.25) is 0 Å². The maximum absolute atomic E-state index is 12.4. The molecule has 2 atom stereocenters. The van der Waals surface area contributed by atoms with E-state index >= 15 is 0 Å². The predicted octanol–water partition coefficient (Wildman–Crippen LogP) is 1.95. The molecule has 0 N–H and O–H groups in total. The Hall–Kier alpha value is -2.75. The number of esters is 2. The number of carbonyl (C=O) groups is 3. The van der Waals surface area contributed by atoms with Crippen LogP contribution in [0.2, 0.25) is 0 Å². The molecule has 2 aromatic rings. The fourth-order valence-corrected chi connectivity index (χ4v) is 4.84. The highest BCUT2D eigenvalue weighted by atomic mass is 16.6. The fourth-order valence-electron chi connectivity index (χ4n) is 4.84. The molecule has 1 saturated heterocycles.